The molecule has 0 aliphatic heterocycles. The van der Waals surface area contributed by atoms with Crippen LogP contribution in [-0.4, -0.2) is 25.1 Å². The van der Waals surface area contributed by atoms with Crippen LogP contribution in [0.2, 0.25) is 0 Å². The Kier molecular flexibility index (Phi) is 9.13. The van der Waals surface area contributed by atoms with Crippen LogP contribution in [0.5, 0.6) is 0 Å². The molecule has 3 aromatic carbocycles. The van der Waals surface area contributed by atoms with Crippen LogP contribution in [0.15, 0.2) is 94.4 Å². The van der Waals surface area contributed by atoms with Gasteiger partial charge in [0.1, 0.15) is 0 Å². The third-order valence-electron chi connectivity index (χ3n) is 4.15. The van der Waals surface area contributed by atoms with Crippen LogP contribution < -0.4 is 0 Å². The maximum atomic E-state index is 10.3. The number of hydrogen-bond donors (Lipinski definition) is 0. The zero-order valence-corrected chi connectivity index (χ0v) is 16.7. The average molecular weight is 395 g/mol. The summed E-state index contributed by atoms with van der Waals surface area (Å²) >= 11 is 0. The molecule has 5 heteroatoms. The van der Waals surface area contributed by atoms with E-state index in [4.69, 9.17) is 4.79 Å². The number of nitrogens with zero attached hydrogens (tertiary/aromatic N) is 3. The highest BCUT2D eigenvalue weighted by atomic mass is 16.1. The van der Waals surface area contributed by atoms with E-state index in [-0.39, 0.29) is 0 Å². The van der Waals surface area contributed by atoms with Crippen LogP contribution in [0, 0.1) is 0 Å². The first-order valence-corrected chi connectivity index (χ1v) is 9.21. The van der Waals surface area contributed by atoms with E-state index >= 15 is 0 Å². The van der Waals surface area contributed by atoms with E-state index in [1.54, 1.807) is 6.08 Å². The van der Waals surface area contributed by atoms with E-state index in [9.17, 15) is 4.79 Å². The summed E-state index contributed by atoms with van der Waals surface area (Å²) in [7, 11) is 1.38. The van der Waals surface area contributed by atoms with Gasteiger partial charge < -0.3 is 0 Å². The Hall–Kier alpha value is -4.13. The van der Waals surface area contributed by atoms with Gasteiger partial charge in [0.15, 0.2) is 0 Å². The van der Waals surface area contributed by atoms with Crippen LogP contribution in [0.25, 0.3) is 0 Å². The van der Waals surface area contributed by atoms with E-state index in [2.05, 4.69) is 63.8 Å². The van der Waals surface area contributed by atoms with E-state index in [1.165, 1.54) is 35.4 Å². The maximum Gasteiger partial charge on any atom is 0.240 e. The maximum absolute atomic E-state index is 10.3. The number of benzene rings is 3. The van der Waals surface area contributed by atoms with Crippen LogP contribution in [-0.2, 0) is 22.4 Å². The summed E-state index contributed by atoms with van der Waals surface area (Å²) in [6, 6.07) is 24.3. The van der Waals surface area contributed by atoms with Crippen molar-refractivity contribution >= 4 is 29.4 Å². The normalized spacial score (nSPS) is 9.10. The molecule has 0 amide bonds. The van der Waals surface area contributed by atoms with Crippen molar-refractivity contribution in [2.45, 2.75) is 12.8 Å². The predicted octanol–water partition coefficient (Wildman–Crippen LogP) is 5.27. The van der Waals surface area contributed by atoms with Gasteiger partial charge in [0.2, 0.25) is 12.2 Å². The summed E-state index contributed by atoms with van der Waals surface area (Å²) in [4.78, 5) is 29.8. The number of aliphatic imine (C=N–C) groups is 3. The van der Waals surface area contributed by atoms with Crippen LogP contribution in [0.1, 0.15) is 22.3 Å². The molecule has 3 aromatic rings. The summed E-state index contributed by atoms with van der Waals surface area (Å²) in [6.45, 7) is 3.49. The standard InChI is InChI=1S/C23H18N2O.C2H3NO/c1-2-24-22-10-6-18(7-11-22)14-20-4-3-5-21(16-20)15-19-8-12-23(13-9-19)25-17-26;1-3-2-4/h3-13,16H,1,14-15H2;1H3. The van der Waals surface area contributed by atoms with E-state index in [0.29, 0.717) is 5.69 Å². The van der Waals surface area contributed by atoms with Gasteiger partial charge in [-0.25, -0.2) is 19.6 Å². The highest BCUT2D eigenvalue weighted by molar-refractivity contribution is 5.55. The van der Waals surface area contributed by atoms with Crippen molar-refractivity contribution in [3.63, 3.8) is 0 Å². The molecule has 0 saturated heterocycles. The van der Waals surface area contributed by atoms with E-state index < -0.39 is 0 Å². The number of isocyanates is 2. The quantitative estimate of drug-likeness (QED) is 0.421. The Labute approximate surface area is 175 Å². The molecular weight excluding hydrogens is 374 g/mol. The molecule has 0 spiro atoms. The number of hydrogen-bond acceptors (Lipinski definition) is 5. The molecule has 0 bridgehead atoms. The first-order valence-electron chi connectivity index (χ1n) is 9.21. The Morgan fingerprint density at radius 1 is 0.700 bits per heavy atom. The third-order valence-corrected chi connectivity index (χ3v) is 4.15. The molecule has 0 aliphatic rings. The topological polar surface area (TPSA) is 71.2 Å². The van der Waals surface area contributed by atoms with Crippen molar-refractivity contribution in [1.82, 2.24) is 0 Å². The summed E-state index contributed by atoms with van der Waals surface area (Å²) in [5.41, 5.74) is 6.42. The van der Waals surface area contributed by atoms with Crippen molar-refractivity contribution in [1.29, 1.82) is 0 Å². The van der Waals surface area contributed by atoms with Crippen LogP contribution >= 0.6 is 0 Å². The third kappa shape index (κ3) is 7.47. The summed E-state index contributed by atoms with van der Waals surface area (Å²) in [5.74, 6) is 2.54. The molecule has 0 aliphatic carbocycles. The lowest BCUT2D eigenvalue weighted by Gasteiger charge is -2.07. The minimum absolute atomic E-state index is 0.627. The fourth-order valence-corrected chi connectivity index (χ4v) is 2.84. The van der Waals surface area contributed by atoms with Crippen molar-refractivity contribution in [3.05, 3.63) is 102 Å². The Bertz CT molecular complexity index is 1020. The van der Waals surface area contributed by atoms with Crippen molar-refractivity contribution < 1.29 is 9.59 Å². The van der Waals surface area contributed by atoms with Crippen LogP contribution in [0.3, 0.4) is 0 Å². The predicted molar refractivity (Wildman–Crippen MR) is 119 cm³/mol. The molecule has 0 unspecified atom stereocenters. The molecule has 30 heavy (non-hydrogen) atoms. The van der Waals surface area contributed by atoms with Crippen molar-refractivity contribution in [2.75, 3.05) is 7.05 Å². The molecule has 0 aromatic heterocycles. The molecule has 3 rings (SSSR count). The smallest absolute Gasteiger partial charge is 0.211 e. The molecule has 0 heterocycles. The van der Waals surface area contributed by atoms with Gasteiger partial charge in [-0.1, -0.05) is 48.5 Å². The average Bonchev–Trinajstić information content (AvgIpc) is 2.77. The first-order chi connectivity index (χ1) is 14.7. The van der Waals surface area contributed by atoms with E-state index in [1.807, 2.05) is 36.4 Å². The van der Waals surface area contributed by atoms with Gasteiger partial charge in [0.25, 0.3) is 0 Å². The minimum atomic E-state index is 0.627. The second-order valence-corrected chi connectivity index (χ2v) is 6.29. The number of rotatable bonds is 6. The SMILES string of the molecule is C=C=Nc1ccc(Cc2cccc(Cc3ccc(N=C=O)cc3)c2)cc1.CN=C=O. The zero-order chi connectivity index (χ0) is 21.6. The minimum Gasteiger partial charge on any atom is -0.211 e. The number of carbonyl (C=O) groups excluding carboxylic acids is 2. The Morgan fingerprint density at radius 2 is 1.17 bits per heavy atom. The molecule has 0 fully saturated rings. The lowest BCUT2D eigenvalue weighted by molar-refractivity contribution is 0.564. The molecule has 0 N–H and O–H groups in total. The zero-order valence-electron chi connectivity index (χ0n) is 16.7. The molecule has 0 saturated carbocycles. The Morgan fingerprint density at radius 3 is 1.57 bits per heavy atom. The first kappa shape index (κ1) is 22.2. The lowest BCUT2D eigenvalue weighted by atomic mass is 9.99. The monoisotopic (exact) mass is 395 g/mol. The molecule has 148 valence electrons. The van der Waals surface area contributed by atoms with Crippen LogP contribution in [0.4, 0.5) is 11.4 Å². The van der Waals surface area contributed by atoms with Gasteiger partial charge in [-0.15, -0.1) is 0 Å². The largest absolute Gasteiger partial charge is 0.240 e. The van der Waals surface area contributed by atoms with Gasteiger partial charge in [-0.05, 0) is 71.8 Å². The lowest BCUT2D eigenvalue weighted by Crippen LogP contribution is -1.92. The highest BCUT2D eigenvalue weighted by Gasteiger charge is 2.01. The van der Waals surface area contributed by atoms with Crippen molar-refractivity contribution in [3.8, 4) is 0 Å². The summed E-state index contributed by atoms with van der Waals surface area (Å²) in [5, 5.41) is 0. The molecule has 0 radical (unpaired) electrons. The van der Waals surface area contributed by atoms with Gasteiger partial charge >= 0.3 is 0 Å². The Balaban J connectivity index is 0.000000735. The second-order valence-electron chi connectivity index (χ2n) is 6.29. The van der Waals surface area contributed by atoms with Crippen molar-refractivity contribution in [2.24, 2.45) is 15.0 Å². The van der Waals surface area contributed by atoms with Gasteiger partial charge in [0.05, 0.1) is 11.4 Å². The summed E-state index contributed by atoms with van der Waals surface area (Å²) in [6.07, 6.45) is 4.58. The van der Waals surface area contributed by atoms with Gasteiger partial charge in [0, 0.05) is 7.05 Å². The summed E-state index contributed by atoms with van der Waals surface area (Å²) < 4.78 is 0. The molecular formula is C25H21N3O2. The molecule has 5 nitrogen and oxygen atoms in total. The molecule has 0 atom stereocenters. The van der Waals surface area contributed by atoms with Gasteiger partial charge in [-0.3, -0.25) is 0 Å². The fraction of sp³-hybridized carbons (Fsp3) is 0.120. The highest BCUT2D eigenvalue weighted by Crippen LogP contribution is 2.19. The van der Waals surface area contributed by atoms with E-state index in [0.717, 1.165) is 18.5 Å². The van der Waals surface area contributed by atoms with Gasteiger partial charge in [-0.2, -0.15) is 4.99 Å². The second kappa shape index (κ2) is 12.4. The fourth-order valence-electron chi connectivity index (χ4n) is 2.84.